The number of hydrogen-bond donors (Lipinski definition) is 1. The van der Waals surface area contributed by atoms with E-state index in [2.05, 4.69) is 9.89 Å². The lowest BCUT2D eigenvalue weighted by Gasteiger charge is -2.34. The fraction of sp³-hybridized carbons (Fsp3) is 0.727. The van der Waals surface area contributed by atoms with Crippen molar-refractivity contribution in [2.45, 2.75) is 32.3 Å². The standard InChI is InChI=1S/C11H20N2O/c1-3-4-7-12-10-13-8-5-11(2,14)6-9-13/h3-4,7,14H,5-6,8-10H2,1-2H3/b4-3-,12-7-. The van der Waals surface area contributed by atoms with Gasteiger partial charge in [-0.25, -0.2) is 0 Å². The molecule has 1 N–H and O–H groups in total. The molecule has 1 saturated heterocycles. The Balaban J connectivity index is 2.22. The molecule has 1 aliphatic rings. The molecule has 80 valence electrons. The summed E-state index contributed by atoms with van der Waals surface area (Å²) in [4.78, 5) is 6.53. The molecule has 1 fully saturated rings. The van der Waals surface area contributed by atoms with Crippen molar-refractivity contribution in [3.8, 4) is 0 Å². The van der Waals surface area contributed by atoms with Crippen molar-refractivity contribution in [2.75, 3.05) is 19.8 Å². The second-order valence-electron chi connectivity index (χ2n) is 4.11. The van der Waals surface area contributed by atoms with Crippen LogP contribution in [-0.2, 0) is 0 Å². The molecule has 0 aromatic carbocycles. The van der Waals surface area contributed by atoms with Gasteiger partial charge in [-0.2, -0.15) is 0 Å². The third kappa shape index (κ3) is 4.03. The van der Waals surface area contributed by atoms with Crippen molar-refractivity contribution in [1.29, 1.82) is 0 Å². The summed E-state index contributed by atoms with van der Waals surface area (Å²) in [5, 5.41) is 9.73. The van der Waals surface area contributed by atoms with Crippen molar-refractivity contribution in [2.24, 2.45) is 4.99 Å². The smallest absolute Gasteiger partial charge is 0.0909 e. The summed E-state index contributed by atoms with van der Waals surface area (Å²) >= 11 is 0. The van der Waals surface area contributed by atoms with Gasteiger partial charge >= 0.3 is 0 Å². The fourth-order valence-corrected chi connectivity index (χ4v) is 1.49. The topological polar surface area (TPSA) is 35.8 Å². The quantitative estimate of drug-likeness (QED) is 0.693. The van der Waals surface area contributed by atoms with Crippen LogP contribution in [0.2, 0.25) is 0 Å². The minimum atomic E-state index is -0.455. The first-order chi connectivity index (χ1) is 6.64. The highest BCUT2D eigenvalue weighted by Gasteiger charge is 2.26. The van der Waals surface area contributed by atoms with Crippen LogP contribution in [0.3, 0.4) is 0 Å². The SMILES string of the molecule is C/C=C\C=N/CN1CCC(C)(O)CC1. The van der Waals surface area contributed by atoms with E-state index in [1.54, 1.807) is 0 Å². The van der Waals surface area contributed by atoms with Crippen molar-refractivity contribution in [1.82, 2.24) is 4.90 Å². The summed E-state index contributed by atoms with van der Waals surface area (Å²) in [5.41, 5.74) is -0.455. The number of nitrogens with zero attached hydrogens (tertiary/aromatic N) is 2. The molecule has 1 aliphatic heterocycles. The molecule has 0 aromatic rings. The molecular weight excluding hydrogens is 176 g/mol. The van der Waals surface area contributed by atoms with Crippen molar-refractivity contribution in [3.63, 3.8) is 0 Å². The third-order valence-electron chi connectivity index (χ3n) is 2.60. The number of hydrogen-bond acceptors (Lipinski definition) is 3. The minimum Gasteiger partial charge on any atom is -0.390 e. The van der Waals surface area contributed by atoms with Crippen molar-refractivity contribution in [3.05, 3.63) is 12.2 Å². The zero-order chi connectivity index (χ0) is 10.4. The second kappa shape index (κ2) is 5.27. The molecule has 14 heavy (non-hydrogen) atoms. The lowest BCUT2D eigenvalue weighted by Crippen LogP contribution is -2.42. The van der Waals surface area contributed by atoms with E-state index < -0.39 is 5.60 Å². The molecule has 1 rings (SSSR count). The summed E-state index contributed by atoms with van der Waals surface area (Å²) in [7, 11) is 0. The van der Waals surface area contributed by atoms with Crippen LogP contribution < -0.4 is 0 Å². The van der Waals surface area contributed by atoms with Gasteiger partial charge < -0.3 is 5.11 Å². The maximum atomic E-state index is 9.73. The molecule has 0 aromatic heterocycles. The Kier molecular flexibility index (Phi) is 4.29. The van der Waals surface area contributed by atoms with Crippen molar-refractivity contribution >= 4 is 6.21 Å². The normalized spacial score (nSPS) is 23.6. The zero-order valence-corrected chi connectivity index (χ0v) is 9.11. The Morgan fingerprint density at radius 2 is 2.07 bits per heavy atom. The fourth-order valence-electron chi connectivity index (χ4n) is 1.49. The first-order valence-electron chi connectivity index (χ1n) is 5.20. The molecule has 3 nitrogen and oxygen atoms in total. The first kappa shape index (κ1) is 11.4. The van der Waals surface area contributed by atoms with Gasteiger partial charge in [0.05, 0.1) is 12.3 Å². The Morgan fingerprint density at radius 3 is 2.64 bits per heavy atom. The van der Waals surface area contributed by atoms with Gasteiger partial charge in [-0.15, -0.1) is 0 Å². The molecule has 3 heteroatoms. The number of piperidine rings is 1. The summed E-state index contributed by atoms with van der Waals surface area (Å²) in [6.45, 7) is 6.53. The predicted octanol–water partition coefficient (Wildman–Crippen LogP) is 1.44. The van der Waals surface area contributed by atoms with E-state index in [1.807, 2.05) is 32.2 Å². The Labute approximate surface area is 86.1 Å². The van der Waals surface area contributed by atoms with E-state index in [0.717, 1.165) is 32.6 Å². The van der Waals surface area contributed by atoms with Crippen LogP contribution in [0.15, 0.2) is 17.1 Å². The molecule has 0 spiro atoms. The van der Waals surface area contributed by atoms with E-state index >= 15 is 0 Å². The molecule has 1 heterocycles. The van der Waals surface area contributed by atoms with Gasteiger partial charge in [0.2, 0.25) is 0 Å². The molecule has 0 aliphatic carbocycles. The van der Waals surface area contributed by atoms with Gasteiger partial charge in [0.25, 0.3) is 0 Å². The van der Waals surface area contributed by atoms with Gasteiger partial charge in [0.15, 0.2) is 0 Å². The number of rotatable bonds is 3. The predicted molar refractivity (Wildman–Crippen MR) is 59.6 cm³/mol. The molecule has 0 saturated carbocycles. The third-order valence-corrected chi connectivity index (χ3v) is 2.60. The van der Waals surface area contributed by atoms with Crippen LogP contribution in [0.25, 0.3) is 0 Å². The van der Waals surface area contributed by atoms with Crippen LogP contribution in [0.1, 0.15) is 26.7 Å². The average Bonchev–Trinajstić information content (AvgIpc) is 2.15. The summed E-state index contributed by atoms with van der Waals surface area (Å²) in [6.07, 6.45) is 7.43. The maximum absolute atomic E-state index is 9.73. The zero-order valence-electron chi connectivity index (χ0n) is 9.11. The summed E-state index contributed by atoms with van der Waals surface area (Å²) in [5.74, 6) is 0. The molecular formula is C11H20N2O. The lowest BCUT2D eigenvalue weighted by atomic mass is 9.94. The van der Waals surface area contributed by atoms with Gasteiger partial charge in [0, 0.05) is 19.3 Å². The van der Waals surface area contributed by atoms with E-state index in [0.29, 0.717) is 0 Å². The maximum Gasteiger partial charge on any atom is 0.0909 e. The highest BCUT2D eigenvalue weighted by molar-refractivity contribution is 5.70. The summed E-state index contributed by atoms with van der Waals surface area (Å²) in [6, 6.07) is 0. The van der Waals surface area contributed by atoms with E-state index in [1.165, 1.54) is 0 Å². The molecule has 0 amide bonds. The van der Waals surface area contributed by atoms with Crippen molar-refractivity contribution < 1.29 is 5.11 Å². The van der Waals surface area contributed by atoms with E-state index in [4.69, 9.17) is 0 Å². The molecule has 0 bridgehead atoms. The van der Waals surface area contributed by atoms with Crippen LogP contribution in [-0.4, -0.2) is 41.6 Å². The number of aliphatic imine (C=N–C) groups is 1. The van der Waals surface area contributed by atoms with Gasteiger partial charge in [0.1, 0.15) is 0 Å². The highest BCUT2D eigenvalue weighted by Crippen LogP contribution is 2.20. The van der Waals surface area contributed by atoms with Gasteiger partial charge in [-0.3, -0.25) is 9.89 Å². The molecule has 0 unspecified atom stereocenters. The van der Waals surface area contributed by atoms with Gasteiger partial charge in [-0.05, 0) is 32.8 Å². The van der Waals surface area contributed by atoms with Crippen LogP contribution >= 0.6 is 0 Å². The first-order valence-corrected chi connectivity index (χ1v) is 5.20. The Morgan fingerprint density at radius 1 is 1.43 bits per heavy atom. The number of likely N-dealkylation sites (tertiary alicyclic amines) is 1. The lowest BCUT2D eigenvalue weighted by molar-refractivity contribution is -0.00440. The number of aliphatic hydroxyl groups is 1. The van der Waals surface area contributed by atoms with Gasteiger partial charge in [-0.1, -0.05) is 6.08 Å². The number of allylic oxidation sites excluding steroid dienone is 2. The van der Waals surface area contributed by atoms with Crippen LogP contribution in [0, 0.1) is 0 Å². The summed E-state index contributed by atoms with van der Waals surface area (Å²) < 4.78 is 0. The molecule has 0 atom stereocenters. The second-order valence-corrected chi connectivity index (χ2v) is 4.11. The van der Waals surface area contributed by atoms with Crippen LogP contribution in [0.4, 0.5) is 0 Å². The Hall–Kier alpha value is -0.670. The average molecular weight is 196 g/mol. The van der Waals surface area contributed by atoms with Crippen LogP contribution in [0.5, 0.6) is 0 Å². The monoisotopic (exact) mass is 196 g/mol. The minimum absolute atomic E-state index is 0.455. The van der Waals surface area contributed by atoms with E-state index in [-0.39, 0.29) is 0 Å². The highest BCUT2D eigenvalue weighted by atomic mass is 16.3. The molecule has 0 radical (unpaired) electrons. The Bertz CT molecular complexity index is 211. The van der Waals surface area contributed by atoms with E-state index in [9.17, 15) is 5.11 Å². The largest absolute Gasteiger partial charge is 0.390 e.